The molecule has 0 aliphatic carbocycles. The molecule has 1 fully saturated rings. The number of aromatic nitrogens is 3. The van der Waals surface area contributed by atoms with E-state index >= 15 is 0 Å². The van der Waals surface area contributed by atoms with Crippen LogP contribution in [-0.2, 0) is 6.54 Å². The summed E-state index contributed by atoms with van der Waals surface area (Å²) in [5.74, 6) is 0.857. The minimum absolute atomic E-state index is 0.211. The van der Waals surface area contributed by atoms with Crippen molar-refractivity contribution in [2.24, 2.45) is 11.7 Å². The first kappa shape index (κ1) is 20.2. The van der Waals surface area contributed by atoms with Gasteiger partial charge in [0.05, 0.1) is 17.5 Å². The number of aliphatic hydroxyl groups is 1. The highest BCUT2D eigenvalue weighted by Crippen LogP contribution is 2.36. The van der Waals surface area contributed by atoms with Crippen molar-refractivity contribution >= 4 is 5.69 Å². The number of rotatable bonds is 4. The highest BCUT2D eigenvalue weighted by atomic mass is 19.1. The molecule has 2 atom stereocenters. The topological polar surface area (TPSA) is 72.2 Å². The van der Waals surface area contributed by atoms with Crippen LogP contribution in [0.4, 0.5) is 10.1 Å². The zero-order valence-electron chi connectivity index (χ0n) is 18.2. The van der Waals surface area contributed by atoms with Crippen molar-refractivity contribution < 1.29 is 9.50 Å². The standard InChI is InChI=1S/C26H26FN5O/c27-21-3-1-17(2-4-21)19-12-24-26-29-9-10-32(26)23-6-5-22(11-20(23)15-31(24)14-19)30-13-18(7-8-28)25(33)16-30/h1-6,9-12,14,18,25,33H,7-8,13,15-16,28H2/t18-,25-/m0/s1. The Balaban J connectivity index is 1.39. The van der Waals surface area contributed by atoms with Gasteiger partial charge in [0.2, 0.25) is 0 Å². The molecule has 2 aromatic carbocycles. The molecule has 3 N–H and O–H groups in total. The lowest BCUT2D eigenvalue weighted by molar-refractivity contribution is 0.145. The summed E-state index contributed by atoms with van der Waals surface area (Å²) >= 11 is 0. The molecule has 0 bridgehead atoms. The Kier molecular flexibility index (Phi) is 4.81. The fourth-order valence-corrected chi connectivity index (χ4v) is 5.19. The van der Waals surface area contributed by atoms with Crippen LogP contribution < -0.4 is 10.6 Å². The van der Waals surface area contributed by atoms with E-state index in [9.17, 15) is 9.50 Å². The number of halogens is 1. The number of anilines is 1. The van der Waals surface area contributed by atoms with Crippen LogP contribution in [0.25, 0.3) is 28.3 Å². The van der Waals surface area contributed by atoms with Gasteiger partial charge in [-0.05, 0) is 60.5 Å². The van der Waals surface area contributed by atoms with Gasteiger partial charge in [0.1, 0.15) is 5.82 Å². The third kappa shape index (κ3) is 3.44. The lowest BCUT2D eigenvalue weighted by atomic mass is 10.0. The van der Waals surface area contributed by atoms with Gasteiger partial charge in [-0.3, -0.25) is 4.57 Å². The number of nitrogens with zero attached hydrogens (tertiary/aromatic N) is 4. The number of fused-ring (bicyclic) bond motifs is 5. The molecule has 6 nitrogen and oxygen atoms in total. The third-order valence-corrected chi connectivity index (χ3v) is 6.92. The van der Waals surface area contributed by atoms with E-state index in [0.29, 0.717) is 19.6 Å². The molecule has 0 spiro atoms. The van der Waals surface area contributed by atoms with Crippen LogP contribution in [-0.4, -0.2) is 45.0 Å². The lowest BCUT2D eigenvalue weighted by Crippen LogP contribution is -2.21. The van der Waals surface area contributed by atoms with E-state index in [4.69, 9.17) is 5.73 Å². The summed E-state index contributed by atoms with van der Waals surface area (Å²) in [7, 11) is 0. The molecule has 2 aliphatic heterocycles. The number of hydrogen-bond acceptors (Lipinski definition) is 4. The van der Waals surface area contributed by atoms with Crippen molar-refractivity contribution in [2.75, 3.05) is 24.5 Å². The second kappa shape index (κ2) is 7.86. The van der Waals surface area contributed by atoms with Crippen LogP contribution in [0.5, 0.6) is 0 Å². The average Bonchev–Trinajstić information content (AvgIpc) is 3.52. The zero-order valence-corrected chi connectivity index (χ0v) is 18.2. The highest BCUT2D eigenvalue weighted by Gasteiger charge is 2.31. The molecule has 33 heavy (non-hydrogen) atoms. The number of benzene rings is 2. The largest absolute Gasteiger partial charge is 0.391 e. The van der Waals surface area contributed by atoms with Gasteiger partial charge >= 0.3 is 0 Å². The quantitative estimate of drug-likeness (QED) is 0.445. The van der Waals surface area contributed by atoms with Gasteiger partial charge in [-0.25, -0.2) is 9.37 Å². The van der Waals surface area contributed by atoms with Gasteiger partial charge < -0.3 is 20.3 Å². The van der Waals surface area contributed by atoms with Crippen molar-refractivity contribution in [3.05, 3.63) is 78.5 Å². The second-order valence-electron chi connectivity index (χ2n) is 8.99. The summed E-state index contributed by atoms with van der Waals surface area (Å²) in [4.78, 5) is 6.90. The van der Waals surface area contributed by atoms with Crippen molar-refractivity contribution in [3.63, 3.8) is 0 Å². The lowest BCUT2D eigenvalue weighted by Gasteiger charge is -2.21. The molecule has 4 heterocycles. The fraction of sp³-hybridized carbons (Fsp3) is 0.269. The Labute approximate surface area is 191 Å². The molecule has 0 unspecified atom stereocenters. The van der Waals surface area contributed by atoms with Crippen molar-refractivity contribution in [1.82, 2.24) is 14.1 Å². The highest BCUT2D eigenvalue weighted by molar-refractivity contribution is 5.72. The molecule has 0 amide bonds. The van der Waals surface area contributed by atoms with Crippen molar-refractivity contribution in [2.45, 2.75) is 19.1 Å². The smallest absolute Gasteiger partial charge is 0.161 e. The second-order valence-corrected chi connectivity index (χ2v) is 8.99. The number of hydrogen-bond donors (Lipinski definition) is 2. The summed E-state index contributed by atoms with van der Waals surface area (Å²) in [5.41, 5.74) is 12.2. The van der Waals surface area contributed by atoms with Gasteiger partial charge in [0.15, 0.2) is 5.82 Å². The van der Waals surface area contributed by atoms with Crippen molar-refractivity contribution in [1.29, 1.82) is 0 Å². The van der Waals surface area contributed by atoms with Gasteiger partial charge in [0, 0.05) is 55.4 Å². The maximum atomic E-state index is 13.4. The van der Waals surface area contributed by atoms with Crippen LogP contribution >= 0.6 is 0 Å². The third-order valence-electron chi connectivity index (χ3n) is 6.92. The maximum absolute atomic E-state index is 13.4. The predicted molar refractivity (Wildman–Crippen MR) is 127 cm³/mol. The Morgan fingerprint density at radius 2 is 1.91 bits per heavy atom. The molecule has 2 aliphatic rings. The van der Waals surface area contributed by atoms with Crippen LogP contribution in [0.1, 0.15) is 12.0 Å². The van der Waals surface area contributed by atoms with Gasteiger partial charge in [-0.1, -0.05) is 12.1 Å². The zero-order chi connectivity index (χ0) is 22.5. The number of imidazole rings is 1. The Morgan fingerprint density at radius 3 is 2.73 bits per heavy atom. The molecule has 6 rings (SSSR count). The SMILES string of the molecule is NCC[C@H]1CN(c2ccc3c(c2)Cn2cc(-c4ccc(F)cc4)cc2-c2nccn2-3)C[C@@H]1O. The van der Waals surface area contributed by atoms with Crippen LogP contribution in [0.2, 0.25) is 0 Å². The molecular weight excluding hydrogens is 417 g/mol. The van der Waals surface area contributed by atoms with Gasteiger partial charge in [0.25, 0.3) is 0 Å². The first-order chi connectivity index (χ1) is 16.1. The molecule has 168 valence electrons. The number of nitrogens with two attached hydrogens (primary N) is 1. The first-order valence-electron chi connectivity index (χ1n) is 11.4. The normalized spacial score (nSPS) is 19.2. The molecular formula is C26H26FN5O. The van der Waals surface area contributed by atoms with E-state index in [-0.39, 0.29) is 17.8 Å². The molecule has 2 aromatic heterocycles. The van der Waals surface area contributed by atoms with E-state index in [1.807, 2.05) is 12.4 Å². The van der Waals surface area contributed by atoms with E-state index in [1.165, 1.54) is 17.7 Å². The van der Waals surface area contributed by atoms with Gasteiger partial charge in [-0.15, -0.1) is 0 Å². The van der Waals surface area contributed by atoms with E-state index in [0.717, 1.165) is 47.0 Å². The van der Waals surface area contributed by atoms with Gasteiger partial charge in [-0.2, -0.15) is 0 Å². The monoisotopic (exact) mass is 443 g/mol. The van der Waals surface area contributed by atoms with E-state index < -0.39 is 0 Å². The van der Waals surface area contributed by atoms with E-state index in [2.05, 4.69) is 49.5 Å². The summed E-state index contributed by atoms with van der Waals surface area (Å²) in [6.07, 6.45) is 6.41. The maximum Gasteiger partial charge on any atom is 0.161 e. The van der Waals surface area contributed by atoms with E-state index in [1.54, 1.807) is 12.1 Å². The minimum Gasteiger partial charge on any atom is -0.391 e. The Hall–Kier alpha value is -3.42. The minimum atomic E-state index is -0.345. The Morgan fingerprint density at radius 1 is 1.06 bits per heavy atom. The summed E-state index contributed by atoms with van der Waals surface area (Å²) in [5, 5.41) is 10.5. The summed E-state index contributed by atoms with van der Waals surface area (Å²) in [6, 6.07) is 15.2. The van der Waals surface area contributed by atoms with Crippen molar-refractivity contribution in [3.8, 4) is 28.3 Å². The summed E-state index contributed by atoms with van der Waals surface area (Å²) < 4.78 is 17.8. The molecule has 1 saturated heterocycles. The fourth-order valence-electron chi connectivity index (χ4n) is 5.19. The Bertz CT molecular complexity index is 1310. The first-order valence-corrected chi connectivity index (χ1v) is 11.4. The van der Waals surface area contributed by atoms with Crippen LogP contribution in [0.15, 0.2) is 67.1 Å². The van der Waals surface area contributed by atoms with Crippen LogP contribution in [0.3, 0.4) is 0 Å². The number of β-amino-alcohol motifs (C(OH)–C–C–N with tert-alkyl or cyclic N) is 1. The van der Waals surface area contributed by atoms with Crippen LogP contribution in [0, 0.1) is 11.7 Å². The molecule has 0 radical (unpaired) electrons. The molecule has 0 saturated carbocycles. The summed E-state index contributed by atoms with van der Waals surface area (Å²) in [6.45, 7) is 2.74. The molecule has 4 aromatic rings. The predicted octanol–water partition coefficient (Wildman–Crippen LogP) is 3.65. The molecule has 7 heteroatoms. The average molecular weight is 444 g/mol. The number of aliphatic hydroxyl groups excluding tert-OH is 1.